The minimum atomic E-state index is -4.25. The molecular weight excluding hydrogens is 372 g/mol. The van der Waals surface area contributed by atoms with Crippen LogP contribution in [0.5, 0.6) is 0 Å². The van der Waals surface area contributed by atoms with Crippen molar-refractivity contribution in [3.8, 4) is 0 Å². The largest absolute Gasteiger partial charge is 0.481 e. The molecule has 5 nitrogen and oxygen atoms in total. The molecule has 9 heteroatoms. The molecule has 0 aliphatic rings. The second-order valence-electron chi connectivity index (χ2n) is 5.08. The van der Waals surface area contributed by atoms with E-state index in [1.165, 1.54) is 13.8 Å². The van der Waals surface area contributed by atoms with Gasteiger partial charge in [-0.15, -0.1) is 0 Å². The predicted molar refractivity (Wildman–Crippen MR) is 75.3 cm³/mol. The zero-order valence-corrected chi connectivity index (χ0v) is 13.7. The Kier molecular flexibility index (Phi) is 5.46. The minimum Gasteiger partial charge on any atom is -0.481 e. The second-order valence-corrected chi connectivity index (χ2v) is 7.59. The zero-order chi connectivity index (χ0) is 16.4. The SMILES string of the molecule is CC(C)(CCC(=O)O)NS(=O)(=O)c1cc(Br)c(F)cc1F. The molecule has 0 heterocycles. The van der Waals surface area contributed by atoms with Gasteiger partial charge in [0.05, 0.1) is 4.47 Å². The summed E-state index contributed by atoms with van der Waals surface area (Å²) in [7, 11) is -4.25. The summed E-state index contributed by atoms with van der Waals surface area (Å²) >= 11 is 2.79. The van der Waals surface area contributed by atoms with Gasteiger partial charge in [-0.05, 0) is 42.3 Å². The van der Waals surface area contributed by atoms with Gasteiger partial charge in [0.25, 0.3) is 0 Å². The van der Waals surface area contributed by atoms with Crippen molar-refractivity contribution < 1.29 is 27.1 Å². The standard InChI is InChI=1S/C12H14BrF2NO4S/c1-12(2,4-3-11(17)18)16-21(19,20)10-5-7(13)8(14)6-9(10)15/h5-6,16H,3-4H2,1-2H3,(H,17,18). The third-order valence-corrected chi connectivity index (χ3v) is 4.96. The maximum atomic E-state index is 13.6. The molecule has 0 saturated heterocycles. The van der Waals surface area contributed by atoms with E-state index >= 15 is 0 Å². The number of carboxylic acid groups (broad SMARTS) is 1. The first-order chi connectivity index (χ1) is 9.44. The van der Waals surface area contributed by atoms with Crippen LogP contribution in [0.15, 0.2) is 21.5 Å². The van der Waals surface area contributed by atoms with E-state index in [9.17, 15) is 22.0 Å². The second kappa shape index (κ2) is 6.37. The summed E-state index contributed by atoms with van der Waals surface area (Å²) in [5, 5.41) is 8.62. The van der Waals surface area contributed by atoms with Gasteiger partial charge in [-0.1, -0.05) is 0 Å². The molecular formula is C12H14BrF2NO4S. The Hall–Kier alpha value is -1.06. The van der Waals surface area contributed by atoms with Gasteiger partial charge in [0.15, 0.2) is 0 Å². The smallest absolute Gasteiger partial charge is 0.303 e. The van der Waals surface area contributed by atoms with Crippen molar-refractivity contribution in [1.29, 1.82) is 0 Å². The molecule has 0 bridgehead atoms. The molecule has 1 rings (SSSR count). The fraction of sp³-hybridized carbons (Fsp3) is 0.417. The van der Waals surface area contributed by atoms with Gasteiger partial charge in [0.2, 0.25) is 10.0 Å². The minimum absolute atomic E-state index is 0.0194. The lowest BCUT2D eigenvalue weighted by Crippen LogP contribution is -2.43. The zero-order valence-electron chi connectivity index (χ0n) is 11.3. The number of sulfonamides is 1. The first-order valence-corrected chi connectivity index (χ1v) is 8.12. The van der Waals surface area contributed by atoms with Gasteiger partial charge in [0, 0.05) is 18.0 Å². The van der Waals surface area contributed by atoms with Crippen molar-refractivity contribution in [3.05, 3.63) is 28.2 Å². The molecule has 0 saturated carbocycles. The highest BCUT2D eigenvalue weighted by Gasteiger charge is 2.29. The number of hydrogen-bond donors (Lipinski definition) is 2. The van der Waals surface area contributed by atoms with Crippen LogP contribution >= 0.6 is 15.9 Å². The maximum absolute atomic E-state index is 13.6. The number of halogens is 3. The number of carboxylic acids is 1. The van der Waals surface area contributed by atoms with E-state index in [2.05, 4.69) is 20.7 Å². The lowest BCUT2D eigenvalue weighted by atomic mass is 10.0. The molecule has 0 unspecified atom stereocenters. The number of benzene rings is 1. The van der Waals surface area contributed by atoms with Gasteiger partial charge in [0.1, 0.15) is 16.5 Å². The van der Waals surface area contributed by atoms with E-state index in [0.29, 0.717) is 6.07 Å². The molecule has 21 heavy (non-hydrogen) atoms. The topological polar surface area (TPSA) is 83.5 Å². The van der Waals surface area contributed by atoms with Gasteiger partial charge in [-0.3, -0.25) is 4.79 Å². The third-order valence-electron chi connectivity index (χ3n) is 2.64. The van der Waals surface area contributed by atoms with E-state index in [0.717, 1.165) is 6.07 Å². The average Bonchev–Trinajstić information content (AvgIpc) is 2.30. The van der Waals surface area contributed by atoms with Crippen molar-refractivity contribution in [2.45, 2.75) is 37.1 Å². The summed E-state index contributed by atoms with van der Waals surface area (Å²) in [6.45, 7) is 2.95. The third kappa shape index (κ3) is 5.01. The molecule has 1 aromatic carbocycles. The van der Waals surface area contributed by atoms with Crippen molar-refractivity contribution >= 4 is 31.9 Å². The van der Waals surface area contributed by atoms with Gasteiger partial charge in [-0.25, -0.2) is 21.9 Å². The molecule has 0 aromatic heterocycles. The summed E-state index contributed by atoms with van der Waals surface area (Å²) in [5.74, 6) is -3.22. The summed E-state index contributed by atoms with van der Waals surface area (Å²) in [6, 6.07) is 1.28. The van der Waals surface area contributed by atoms with Crippen LogP contribution in [0, 0.1) is 11.6 Å². The Labute approximate surface area is 129 Å². The molecule has 2 N–H and O–H groups in total. The quantitative estimate of drug-likeness (QED) is 0.737. The molecule has 0 radical (unpaired) electrons. The van der Waals surface area contributed by atoms with Crippen LogP contribution in [0.2, 0.25) is 0 Å². The number of carbonyl (C=O) groups is 1. The first kappa shape index (κ1) is 18.0. The normalized spacial score (nSPS) is 12.4. The predicted octanol–water partition coefficient (Wildman–Crippen LogP) is 2.65. The highest BCUT2D eigenvalue weighted by molar-refractivity contribution is 9.10. The average molecular weight is 386 g/mol. The summed E-state index contributed by atoms with van der Waals surface area (Å²) in [6.07, 6.45) is -0.226. The monoisotopic (exact) mass is 385 g/mol. The lowest BCUT2D eigenvalue weighted by Gasteiger charge is -2.25. The number of nitrogens with one attached hydrogen (secondary N) is 1. The van der Waals surface area contributed by atoms with E-state index in [1.54, 1.807) is 0 Å². The van der Waals surface area contributed by atoms with Crippen LogP contribution in [0.1, 0.15) is 26.7 Å². The summed E-state index contributed by atoms with van der Waals surface area (Å²) < 4.78 is 53.1. The van der Waals surface area contributed by atoms with Crippen molar-refractivity contribution in [3.63, 3.8) is 0 Å². The number of rotatable bonds is 6. The molecule has 118 valence electrons. The Balaban J connectivity index is 3.07. The molecule has 0 amide bonds. The van der Waals surface area contributed by atoms with Crippen LogP contribution in [0.4, 0.5) is 8.78 Å². The Bertz CT molecular complexity index is 661. The maximum Gasteiger partial charge on any atom is 0.303 e. The van der Waals surface area contributed by atoms with E-state index in [1.807, 2.05) is 0 Å². The van der Waals surface area contributed by atoms with Crippen LogP contribution < -0.4 is 4.72 Å². The molecule has 0 aliphatic carbocycles. The van der Waals surface area contributed by atoms with E-state index in [4.69, 9.17) is 5.11 Å². The summed E-state index contributed by atoms with van der Waals surface area (Å²) in [4.78, 5) is 9.82. The molecule has 1 aromatic rings. The Morgan fingerprint density at radius 2 is 1.90 bits per heavy atom. The Morgan fingerprint density at radius 1 is 1.33 bits per heavy atom. The van der Waals surface area contributed by atoms with Gasteiger partial charge < -0.3 is 5.11 Å². The van der Waals surface area contributed by atoms with Crippen LogP contribution in [-0.4, -0.2) is 25.0 Å². The lowest BCUT2D eigenvalue weighted by molar-refractivity contribution is -0.137. The van der Waals surface area contributed by atoms with Crippen molar-refractivity contribution in [2.75, 3.05) is 0 Å². The molecule has 0 fully saturated rings. The number of aliphatic carboxylic acids is 1. The summed E-state index contributed by atoms with van der Waals surface area (Å²) in [5.41, 5.74) is -1.09. The van der Waals surface area contributed by atoms with Crippen LogP contribution in [-0.2, 0) is 14.8 Å². The van der Waals surface area contributed by atoms with Crippen molar-refractivity contribution in [2.24, 2.45) is 0 Å². The Morgan fingerprint density at radius 3 is 2.43 bits per heavy atom. The highest BCUT2D eigenvalue weighted by atomic mass is 79.9. The van der Waals surface area contributed by atoms with Crippen LogP contribution in [0.3, 0.4) is 0 Å². The first-order valence-electron chi connectivity index (χ1n) is 5.85. The van der Waals surface area contributed by atoms with Crippen molar-refractivity contribution in [1.82, 2.24) is 4.72 Å². The number of hydrogen-bond acceptors (Lipinski definition) is 3. The van der Waals surface area contributed by atoms with Gasteiger partial charge >= 0.3 is 5.97 Å². The van der Waals surface area contributed by atoms with E-state index < -0.39 is 38.1 Å². The van der Waals surface area contributed by atoms with Gasteiger partial charge in [-0.2, -0.15) is 0 Å². The highest BCUT2D eigenvalue weighted by Crippen LogP contribution is 2.25. The van der Waals surface area contributed by atoms with Crippen LogP contribution in [0.25, 0.3) is 0 Å². The fourth-order valence-electron chi connectivity index (χ4n) is 1.60. The fourth-order valence-corrected chi connectivity index (χ4v) is 3.62. The van der Waals surface area contributed by atoms with E-state index in [-0.39, 0.29) is 17.3 Å². The molecule has 0 aliphatic heterocycles. The molecule has 0 atom stereocenters. The molecule has 0 spiro atoms.